The molecule has 2 aromatic carbocycles. The van der Waals surface area contributed by atoms with Gasteiger partial charge >= 0.3 is 0 Å². The van der Waals surface area contributed by atoms with Crippen molar-refractivity contribution < 1.29 is 4.79 Å². The lowest BCUT2D eigenvalue weighted by atomic mass is 10.1. The topological polar surface area (TPSA) is 60.8 Å². The summed E-state index contributed by atoms with van der Waals surface area (Å²) in [6.45, 7) is 5.01. The molecule has 0 atom stereocenters. The smallest absolute Gasteiger partial charge is 0.271 e. The van der Waals surface area contributed by atoms with Crippen LogP contribution >= 0.6 is 0 Å². The number of piperazine rings is 1. The number of anilines is 1. The Hall–Kier alpha value is -3.51. The van der Waals surface area contributed by atoms with Crippen molar-refractivity contribution in [2.45, 2.75) is 6.54 Å². The second-order valence-electron chi connectivity index (χ2n) is 7.28. The summed E-state index contributed by atoms with van der Waals surface area (Å²) < 4.78 is 0. The molecule has 6 nitrogen and oxygen atoms in total. The van der Waals surface area contributed by atoms with Crippen LogP contribution in [0, 0.1) is 0 Å². The first-order valence-electron chi connectivity index (χ1n) is 10.1. The van der Waals surface area contributed by atoms with Gasteiger partial charge in [-0.2, -0.15) is 5.10 Å². The van der Waals surface area contributed by atoms with Crippen molar-refractivity contribution in [3.8, 4) is 0 Å². The van der Waals surface area contributed by atoms with Crippen LogP contribution in [-0.4, -0.2) is 48.2 Å². The van der Waals surface area contributed by atoms with Crippen LogP contribution in [0.25, 0.3) is 0 Å². The van der Waals surface area contributed by atoms with E-state index in [0.29, 0.717) is 5.56 Å². The third kappa shape index (κ3) is 5.30. The summed E-state index contributed by atoms with van der Waals surface area (Å²) in [7, 11) is 0. The van der Waals surface area contributed by atoms with E-state index in [-0.39, 0.29) is 5.91 Å². The van der Waals surface area contributed by atoms with Gasteiger partial charge in [-0.05, 0) is 47.5 Å². The van der Waals surface area contributed by atoms with Gasteiger partial charge in [0.2, 0.25) is 0 Å². The first-order valence-corrected chi connectivity index (χ1v) is 10.1. The number of pyridine rings is 1. The minimum absolute atomic E-state index is 0.219. The van der Waals surface area contributed by atoms with E-state index in [2.05, 4.69) is 55.6 Å². The molecule has 1 saturated heterocycles. The van der Waals surface area contributed by atoms with Crippen LogP contribution in [0.3, 0.4) is 0 Å². The van der Waals surface area contributed by atoms with Gasteiger partial charge < -0.3 is 4.90 Å². The third-order valence-electron chi connectivity index (χ3n) is 5.20. The number of nitrogens with one attached hydrogen (secondary N) is 1. The molecule has 1 aromatic heterocycles. The summed E-state index contributed by atoms with van der Waals surface area (Å²) >= 11 is 0. The van der Waals surface area contributed by atoms with Gasteiger partial charge in [0.25, 0.3) is 5.91 Å². The first-order chi connectivity index (χ1) is 14.8. The van der Waals surface area contributed by atoms with E-state index in [0.717, 1.165) is 38.3 Å². The standard InChI is InChI=1S/C24H25N5O/c30-24(27-26-18-20-10-12-25-13-11-20)22-8-6-21(7-9-22)19-28-14-16-29(17-15-28)23-4-2-1-3-5-23/h1-13,18H,14-17,19H2,(H,27,30)/b26-18-. The Morgan fingerprint density at radius 1 is 0.933 bits per heavy atom. The Morgan fingerprint density at radius 2 is 1.63 bits per heavy atom. The molecule has 1 aliphatic rings. The Labute approximate surface area is 176 Å². The zero-order chi connectivity index (χ0) is 20.6. The van der Waals surface area contributed by atoms with E-state index in [4.69, 9.17) is 0 Å². The molecule has 0 bridgehead atoms. The minimum atomic E-state index is -0.219. The number of carbonyl (C=O) groups excluding carboxylic acids is 1. The van der Waals surface area contributed by atoms with E-state index >= 15 is 0 Å². The highest BCUT2D eigenvalue weighted by Crippen LogP contribution is 2.17. The zero-order valence-corrected chi connectivity index (χ0v) is 16.8. The van der Waals surface area contributed by atoms with Gasteiger partial charge in [0.1, 0.15) is 0 Å². The van der Waals surface area contributed by atoms with Crippen LogP contribution in [0.4, 0.5) is 5.69 Å². The summed E-state index contributed by atoms with van der Waals surface area (Å²) in [4.78, 5) is 21.1. The molecule has 6 heteroatoms. The SMILES string of the molecule is O=C(N/N=C\c1ccncc1)c1ccc(CN2CCN(c3ccccc3)CC2)cc1. The molecule has 30 heavy (non-hydrogen) atoms. The maximum absolute atomic E-state index is 12.3. The van der Waals surface area contributed by atoms with Crippen molar-refractivity contribution in [1.29, 1.82) is 0 Å². The molecular weight excluding hydrogens is 374 g/mol. The van der Waals surface area contributed by atoms with E-state index in [1.54, 1.807) is 18.6 Å². The summed E-state index contributed by atoms with van der Waals surface area (Å²) in [5.74, 6) is -0.219. The fourth-order valence-corrected chi connectivity index (χ4v) is 3.50. The van der Waals surface area contributed by atoms with Gasteiger partial charge in [-0.15, -0.1) is 0 Å². The highest BCUT2D eigenvalue weighted by molar-refractivity contribution is 5.94. The Morgan fingerprint density at radius 3 is 2.33 bits per heavy atom. The number of hydrogen-bond donors (Lipinski definition) is 1. The van der Waals surface area contributed by atoms with E-state index in [1.165, 1.54) is 11.3 Å². The number of nitrogens with zero attached hydrogens (tertiary/aromatic N) is 4. The van der Waals surface area contributed by atoms with Gasteiger partial charge in [-0.25, -0.2) is 5.43 Å². The Kier molecular flexibility index (Phi) is 6.47. The van der Waals surface area contributed by atoms with Gasteiger partial charge in [0, 0.05) is 56.4 Å². The summed E-state index contributed by atoms with van der Waals surface area (Å²) in [5.41, 5.74) is 6.54. The normalized spacial score (nSPS) is 14.7. The highest BCUT2D eigenvalue weighted by atomic mass is 16.2. The fraction of sp³-hybridized carbons (Fsp3) is 0.208. The van der Waals surface area contributed by atoms with Crippen LogP contribution < -0.4 is 10.3 Å². The van der Waals surface area contributed by atoms with Gasteiger partial charge in [0.15, 0.2) is 0 Å². The number of carbonyl (C=O) groups is 1. The number of para-hydroxylation sites is 1. The number of benzene rings is 2. The van der Waals surface area contributed by atoms with Crippen LogP contribution in [0.15, 0.2) is 84.2 Å². The van der Waals surface area contributed by atoms with E-state index < -0.39 is 0 Å². The number of rotatable bonds is 6. The molecule has 0 aliphatic carbocycles. The summed E-state index contributed by atoms with van der Waals surface area (Å²) in [6, 6.07) is 22.0. The number of amides is 1. The van der Waals surface area contributed by atoms with Gasteiger partial charge in [-0.3, -0.25) is 14.7 Å². The molecule has 2 heterocycles. The molecule has 1 fully saturated rings. The van der Waals surface area contributed by atoms with Crippen molar-refractivity contribution in [2.75, 3.05) is 31.1 Å². The average molecular weight is 399 g/mol. The molecule has 1 amide bonds. The maximum Gasteiger partial charge on any atom is 0.271 e. The lowest BCUT2D eigenvalue weighted by Gasteiger charge is -2.36. The highest BCUT2D eigenvalue weighted by Gasteiger charge is 2.17. The monoisotopic (exact) mass is 399 g/mol. The van der Waals surface area contributed by atoms with Gasteiger partial charge in [0.05, 0.1) is 6.21 Å². The first kappa shape index (κ1) is 19.8. The fourth-order valence-electron chi connectivity index (χ4n) is 3.50. The van der Waals surface area contributed by atoms with Crippen LogP contribution in [0.1, 0.15) is 21.5 Å². The predicted octanol–water partition coefficient (Wildman–Crippen LogP) is 3.17. The molecular formula is C24H25N5O. The number of hydrazone groups is 1. The minimum Gasteiger partial charge on any atom is -0.369 e. The van der Waals surface area contributed by atoms with Crippen molar-refractivity contribution in [3.63, 3.8) is 0 Å². The van der Waals surface area contributed by atoms with Crippen LogP contribution in [-0.2, 0) is 6.54 Å². The Bertz CT molecular complexity index is 965. The molecule has 3 aromatic rings. The molecule has 1 aliphatic heterocycles. The average Bonchev–Trinajstić information content (AvgIpc) is 2.81. The zero-order valence-electron chi connectivity index (χ0n) is 16.8. The largest absolute Gasteiger partial charge is 0.369 e. The number of aromatic nitrogens is 1. The molecule has 1 N–H and O–H groups in total. The number of hydrogen-bond acceptors (Lipinski definition) is 5. The lowest BCUT2D eigenvalue weighted by Crippen LogP contribution is -2.45. The maximum atomic E-state index is 12.3. The van der Waals surface area contributed by atoms with Crippen LogP contribution in [0.2, 0.25) is 0 Å². The van der Waals surface area contributed by atoms with Gasteiger partial charge in [-0.1, -0.05) is 30.3 Å². The van der Waals surface area contributed by atoms with Crippen molar-refractivity contribution >= 4 is 17.8 Å². The quantitative estimate of drug-likeness (QED) is 0.511. The summed E-state index contributed by atoms with van der Waals surface area (Å²) in [5, 5.41) is 4.00. The van der Waals surface area contributed by atoms with Crippen LogP contribution in [0.5, 0.6) is 0 Å². The lowest BCUT2D eigenvalue weighted by molar-refractivity contribution is 0.0955. The van der Waals surface area contributed by atoms with E-state index in [9.17, 15) is 4.79 Å². The second kappa shape index (κ2) is 9.80. The molecule has 0 radical (unpaired) electrons. The molecule has 152 valence electrons. The molecule has 4 rings (SSSR count). The third-order valence-corrected chi connectivity index (χ3v) is 5.20. The molecule has 0 unspecified atom stereocenters. The second-order valence-corrected chi connectivity index (χ2v) is 7.28. The molecule has 0 saturated carbocycles. The predicted molar refractivity (Wildman–Crippen MR) is 120 cm³/mol. The van der Waals surface area contributed by atoms with Crippen molar-refractivity contribution in [3.05, 3.63) is 95.8 Å². The molecule has 0 spiro atoms. The summed E-state index contributed by atoms with van der Waals surface area (Å²) in [6.07, 6.45) is 4.97. The van der Waals surface area contributed by atoms with E-state index in [1.807, 2.05) is 36.4 Å². The van der Waals surface area contributed by atoms with Crippen molar-refractivity contribution in [2.24, 2.45) is 5.10 Å². The van der Waals surface area contributed by atoms with Crippen molar-refractivity contribution in [1.82, 2.24) is 15.3 Å². The Balaban J connectivity index is 1.26.